The molecule has 0 aliphatic rings. The first-order valence-electron chi connectivity index (χ1n) is 18.4. The number of nitrogens with zero attached hydrogens (tertiary/aromatic N) is 4. The third-order valence-corrected chi connectivity index (χ3v) is 13.2. The van der Waals surface area contributed by atoms with Crippen LogP contribution in [0.3, 0.4) is 0 Å². The third-order valence-electron chi connectivity index (χ3n) is 10.8. The fourth-order valence-electron chi connectivity index (χ4n) is 8.46. The zero-order valence-corrected chi connectivity index (χ0v) is 30.9. The highest BCUT2D eigenvalue weighted by molar-refractivity contribution is 7.27. The molecule has 256 valence electrons. The van der Waals surface area contributed by atoms with Gasteiger partial charge in [0.2, 0.25) is 5.95 Å². The Morgan fingerprint density at radius 1 is 0.382 bits per heavy atom. The van der Waals surface area contributed by atoms with Gasteiger partial charge in [-0.1, -0.05) is 140 Å². The van der Waals surface area contributed by atoms with Crippen LogP contribution in [0, 0.1) is 0 Å². The van der Waals surface area contributed by atoms with Gasteiger partial charge in [-0.25, -0.2) is 4.98 Å². The van der Waals surface area contributed by atoms with Crippen LogP contribution in [-0.2, 0) is 0 Å². The Morgan fingerprint density at radius 3 is 1.84 bits per heavy atom. The number of fused-ring (bicyclic) bond motifs is 13. The summed E-state index contributed by atoms with van der Waals surface area (Å²) in [7, 11) is 0. The second-order valence-electron chi connectivity index (χ2n) is 13.9. The summed E-state index contributed by atoms with van der Waals surface area (Å²) in [5.41, 5.74) is 6.51. The molecule has 0 amide bonds. The fraction of sp³-hybridized carbons (Fsp3) is 0. The smallest absolute Gasteiger partial charge is 0.238 e. The maximum Gasteiger partial charge on any atom is 0.238 e. The molecule has 0 aliphatic heterocycles. The quantitative estimate of drug-likeness (QED) is 0.181. The minimum Gasteiger partial charge on any atom is -0.276 e. The zero-order chi connectivity index (χ0) is 36.0. The average molecular weight is 737 g/mol. The number of para-hydroxylation sites is 1. The lowest BCUT2D eigenvalue weighted by Crippen LogP contribution is -2.06. The van der Waals surface area contributed by atoms with E-state index < -0.39 is 0 Å². The summed E-state index contributed by atoms with van der Waals surface area (Å²) in [5, 5.41) is 9.79. The Hall–Kier alpha value is -6.73. The van der Waals surface area contributed by atoms with Crippen molar-refractivity contribution in [2.45, 2.75) is 0 Å². The summed E-state index contributed by atoms with van der Waals surface area (Å²) in [6.45, 7) is 0. The highest BCUT2D eigenvalue weighted by Gasteiger charge is 2.24. The summed E-state index contributed by atoms with van der Waals surface area (Å²) in [5.74, 6) is 1.89. The molecule has 0 N–H and O–H groups in total. The van der Waals surface area contributed by atoms with Crippen molar-refractivity contribution in [3.8, 4) is 39.9 Å². The Kier molecular flexibility index (Phi) is 6.64. The summed E-state index contributed by atoms with van der Waals surface area (Å²) >= 11 is 3.65. The zero-order valence-electron chi connectivity index (χ0n) is 29.3. The topological polar surface area (TPSA) is 43.6 Å². The molecule has 12 aromatic rings. The molecule has 0 spiro atoms. The molecular weight excluding hydrogens is 709 g/mol. The van der Waals surface area contributed by atoms with E-state index >= 15 is 0 Å². The van der Waals surface area contributed by atoms with E-state index in [9.17, 15) is 0 Å². The van der Waals surface area contributed by atoms with Gasteiger partial charge in [-0.15, -0.1) is 22.7 Å². The van der Waals surface area contributed by atoms with E-state index in [-0.39, 0.29) is 0 Å². The van der Waals surface area contributed by atoms with Crippen molar-refractivity contribution >= 4 is 95.6 Å². The maximum absolute atomic E-state index is 5.48. The molecule has 4 aromatic heterocycles. The molecule has 0 fully saturated rings. The molecule has 0 radical (unpaired) electrons. The van der Waals surface area contributed by atoms with Gasteiger partial charge in [-0.3, -0.25) is 4.57 Å². The lowest BCUT2D eigenvalue weighted by atomic mass is 9.99. The lowest BCUT2D eigenvalue weighted by Gasteiger charge is -2.12. The van der Waals surface area contributed by atoms with Crippen molar-refractivity contribution < 1.29 is 0 Å². The normalized spacial score (nSPS) is 12.0. The number of hydrogen-bond acceptors (Lipinski definition) is 5. The van der Waals surface area contributed by atoms with Gasteiger partial charge in [-0.05, 0) is 52.2 Å². The molecule has 0 saturated carbocycles. The van der Waals surface area contributed by atoms with Crippen LogP contribution in [0.25, 0.3) is 113 Å². The average Bonchev–Trinajstić information content (AvgIpc) is 3.94. The number of hydrogen-bond donors (Lipinski definition) is 0. The lowest BCUT2D eigenvalue weighted by molar-refractivity contribution is 0.956. The first kappa shape index (κ1) is 30.7. The number of aromatic nitrogens is 4. The van der Waals surface area contributed by atoms with E-state index in [1.165, 1.54) is 67.6 Å². The standard InChI is InChI=1S/C49H28N4S2/c1-3-14-29(15-4-1)31-26-27-40-37(28-31)42-36(22-13-25-41(42)54-40)48-50-47(30-16-5-2-6-17-30)51-49(52-48)53-38-23-11-9-20-34(38)43-32-18-7-8-19-33(32)44-35-21-10-12-24-39(35)55-46(44)45(43)53/h1-28H. The molecule has 0 saturated heterocycles. The largest absolute Gasteiger partial charge is 0.276 e. The second kappa shape index (κ2) is 11.9. The highest BCUT2D eigenvalue weighted by Crippen LogP contribution is 2.48. The molecule has 55 heavy (non-hydrogen) atoms. The van der Waals surface area contributed by atoms with Crippen LogP contribution in [0.4, 0.5) is 0 Å². The summed E-state index contributed by atoms with van der Waals surface area (Å²) in [6.07, 6.45) is 0. The van der Waals surface area contributed by atoms with Gasteiger partial charge in [0, 0.05) is 57.5 Å². The SMILES string of the molecule is c1ccc(-c2ccc3sc4cccc(-c5nc(-c6ccccc6)nc(-n6c7ccccc7c7c8ccccc8c8c9ccccc9sc8c76)n5)c4c3c2)cc1. The van der Waals surface area contributed by atoms with Crippen molar-refractivity contribution in [2.24, 2.45) is 0 Å². The number of benzene rings is 8. The number of thiophene rings is 2. The molecule has 12 rings (SSSR count). The first-order chi connectivity index (χ1) is 27.3. The van der Waals surface area contributed by atoms with Crippen LogP contribution in [0.15, 0.2) is 170 Å². The van der Waals surface area contributed by atoms with Gasteiger partial charge < -0.3 is 0 Å². The van der Waals surface area contributed by atoms with Crippen LogP contribution in [0.1, 0.15) is 0 Å². The third kappa shape index (κ3) is 4.59. The molecule has 0 atom stereocenters. The predicted octanol–water partition coefficient (Wildman–Crippen LogP) is 13.9. The van der Waals surface area contributed by atoms with Crippen molar-refractivity contribution in [1.29, 1.82) is 0 Å². The van der Waals surface area contributed by atoms with E-state index in [1.807, 2.05) is 40.9 Å². The first-order valence-corrected chi connectivity index (χ1v) is 20.0. The minimum absolute atomic E-state index is 0.602. The van der Waals surface area contributed by atoms with Crippen molar-refractivity contribution in [2.75, 3.05) is 0 Å². The van der Waals surface area contributed by atoms with Crippen molar-refractivity contribution in [3.63, 3.8) is 0 Å². The molecule has 4 heterocycles. The predicted molar refractivity (Wildman–Crippen MR) is 234 cm³/mol. The fourth-order valence-corrected chi connectivity index (χ4v) is 10.8. The van der Waals surface area contributed by atoms with Crippen LogP contribution in [0.2, 0.25) is 0 Å². The van der Waals surface area contributed by atoms with Crippen LogP contribution in [0.5, 0.6) is 0 Å². The van der Waals surface area contributed by atoms with Gasteiger partial charge in [-0.2, -0.15) is 9.97 Å². The van der Waals surface area contributed by atoms with E-state index in [2.05, 4.69) is 156 Å². The summed E-state index contributed by atoms with van der Waals surface area (Å²) < 4.78 is 7.23. The van der Waals surface area contributed by atoms with Crippen LogP contribution in [-0.4, -0.2) is 19.5 Å². The van der Waals surface area contributed by atoms with Gasteiger partial charge >= 0.3 is 0 Å². The van der Waals surface area contributed by atoms with Gasteiger partial charge in [0.25, 0.3) is 0 Å². The van der Waals surface area contributed by atoms with Crippen molar-refractivity contribution in [3.05, 3.63) is 170 Å². The Morgan fingerprint density at radius 2 is 1.02 bits per heavy atom. The molecule has 0 bridgehead atoms. The van der Waals surface area contributed by atoms with E-state index in [0.29, 0.717) is 17.6 Å². The van der Waals surface area contributed by atoms with Gasteiger partial charge in [0.05, 0.1) is 15.7 Å². The Bertz CT molecular complexity index is 3490. The van der Waals surface area contributed by atoms with Gasteiger partial charge in [0.15, 0.2) is 11.6 Å². The monoisotopic (exact) mass is 736 g/mol. The Balaban J connectivity index is 1.21. The minimum atomic E-state index is 0.602. The molecule has 0 aliphatic carbocycles. The van der Waals surface area contributed by atoms with E-state index in [1.54, 1.807) is 0 Å². The molecule has 0 unspecified atom stereocenters. The van der Waals surface area contributed by atoms with Crippen LogP contribution < -0.4 is 0 Å². The molecule has 6 heteroatoms. The maximum atomic E-state index is 5.48. The number of rotatable bonds is 4. The van der Waals surface area contributed by atoms with E-state index in [0.717, 1.165) is 27.5 Å². The highest BCUT2D eigenvalue weighted by atomic mass is 32.1. The van der Waals surface area contributed by atoms with Gasteiger partial charge in [0.1, 0.15) is 0 Å². The van der Waals surface area contributed by atoms with Crippen molar-refractivity contribution in [1.82, 2.24) is 19.5 Å². The Labute approximate surface area is 323 Å². The summed E-state index contributed by atoms with van der Waals surface area (Å²) in [6, 6.07) is 60.5. The van der Waals surface area contributed by atoms with Crippen LogP contribution >= 0.6 is 22.7 Å². The van der Waals surface area contributed by atoms with E-state index in [4.69, 9.17) is 15.0 Å². The second-order valence-corrected chi connectivity index (χ2v) is 16.1. The summed E-state index contributed by atoms with van der Waals surface area (Å²) in [4.78, 5) is 16.1. The molecule has 4 nitrogen and oxygen atoms in total. The molecule has 8 aromatic carbocycles. The molecular formula is C49H28N4S2.